The molecule has 31 heavy (non-hydrogen) atoms. The molecule has 0 spiro atoms. The Morgan fingerprint density at radius 3 is 2.35 bits per heavy atom. The fourth-order valence-electron chi connectivity index (χ4n) is 5.06. The maximum atomic E-state index is 12.7. The molecule has 0 unspecified atom stereocenters. The Balaban J connectivity index is 1.20. The lowest BCUT2D eigenvalue weighted by Gasteiger charge is -2.32. The van der Waals surface area contributed by atoms with E-state index in [1.165, 1.54) is 55.5 Å². The molecule has 3 nitrogen and oxygen atoms in total. The average molecular weight is 439 g/mol. The van der Waals surface area contributed by atoms with E-state index in [-0.39, 0.29) is 5.78 Å². The maximum absolute atomic E-state index is 12.7. The van der Waals surface area contributed by atoms with Gasteiger partial charge in [0.1, 0.15) is 0 Å². The summed E-state index contributed by atoms with van der Waals surface area (Å²) in [5.41, 5.74) is 4.90. The van der Waals surface area contributed by atoms with Crippen LogP contribution in [0.5, 0.6) is 0 Å². The fraction of sp³-hybridized carbons (Fsp3) is 0.519. The summed E-state index contributed by atoms with van der Waals surface area (Å²) in [4.78, 5) is 17.8. The molecule has 166 valence electrons. The molecule has 2 aromatic rings. The Morgan fingerprint density at radius 1 is 0.968 bits per heavy atom. The van der Waals surface area contributed by atoms with Crippen LogP contribution in [0.1, 0.15) is 71.5 Å². The largest absolute Gasteiger partial charge is 0.303 e. The van der Waals surface area contributed by atoms with Crippen molar-refractivity contribution < 1.29 is 4.79 Å². The molecule has 2 aliphatic rings. The molecule has 0 radical (unpaired) electrons. The molecule has 0 atom stereocenters. The van der Waals surface area contributed by atoms with Gasteiger partial charge in [-0.05, 0) is 113 Å². The van der Waals surface area contributed by atoms with Crippen LogP contribution in [0.4, 0.5) is 0 Å². The lowest BCUT2D eigenvalue weighted by molar-refractivity contribution is 0.0972. The third kappa shape index (κ3) is 6.19. The van der Waals surface area contributed by atoms with Gasteiger partial charge >= 0.3 is 0 Å². The number of ketones is 1. The van der Waals surface area contributed by atoms with Crippen LogP contribution in [0, 0.1) is 6.92 Å². The maximum Gasteiger partial charge on any atom is 0.162 e. The van der Waals surface area contributed by atoms with Crippen LogP contribution in [-0.4, -0.2) is 48.3 Å². The fourth-order valence-corrected chi connectivity index (χ4v) is 5.19. The number of rotatable bonds is 8. The van der Waals surface area contributed by atoms with E-state index >= 15 is 0 Å². The molecule has 0 N–H and O–H groups in total. The van der Waals surface area contributed by atoms with Crippen molar-refractivity contribution in [3.05, 3.63) is 69.7 Å². The summed E-state index contributed by atoms with van der Waals surface area (Å²) in [5.74, 6) is 0.920. The van der Waals surface area contributed by atoms with E-state index < -0.39 is 0 Å². The second-order valence-electron chi connectivity index (χ2n) is 9.32. The first-order valence-corrected chi connectivity index (χ1v) is 12.3. The highest BCUT2D eigenvalue weighted by Gasteiger charge is 2.20. The van der Waals surface area contributed by atoms with Crippen LogP contribution in [-0.2, 0) is 6.54 Å². The molecule has 0 saturated carbocycles. The summed E-state index contributed by atoms with van der Waals surface area (Å²) >= 11 is 6.01. The van der Waals surface area contributed by atoms with Crippen molar-refractivity contribution in [1.82, 2.24) is 9.80 Å². The van der Waals surface area contributed by atoms with Gasteiger partial charge in [0.05, 0.1) is 0 Å². The second kappa shape index (κ2) is 10.8. The number of hydrogen-bond acceptors (Lipinski definition) is 3. The number of piperidine rings is 1. The first-order valence-electron chi connectivity index (χ1n) is 11.9. The summed E-state index contributed by atoms with van der Waals surface area (Å²) in [6, 6.07) is 14.6. The number of likely N-dealkylation sites (tertiary alicyclic amines) is 2. The summed E-state index contributed by atoms with van der Waals surface area (Å²) in [6.45, 7) is 8.83. The summed E-state index contributed by atoms with van der Waals surface area (Å²) in [5, 5.41) is 0.808. The summed E-state index contributed by atoms with van der Waals surface area (Å²) < 4.78 is 0. The molecule has 4 rings (SSSR count). The molecule has 0 amide bonds. The Morgan fingerprint density at radius 2 is 1.68 bits per heavy atom. The minimum Gasteiger partial charge on any atom is -0.303 e. The van der Waals surface area contributed by atoms with Crippen molar-refractivity contribution in [1.29, 1.82) is 0 Å². The molecule has 2 saturated heterocycles. The van der Waals surface area contributed by atoms with Crippen molar-refractivity contribution in [2.24, 2.45) is 0 Å². The van der Waals surface area contributed by atoms with E-state index in [0.29, 0.717) is 12.3 Å². The van der Waals surface area contributed by atoms with Crippen molar-refractivity contribution in [3.63, 3.8) is 0 Å². The standard InChI is InChI=1S/C27H35ClN2O/c1-21-19-24(6-7-25(21)20-30-14-2-3-15-30)27(31)5-4-16-29-17-12-23(13-18-29)22-8-10-26(28)11-9-22/h6-11,19,23H,2-5,12-18,20H2,1H3. The van der Waals surface area contributed by atoms with Gasteiger partial charge in [-0.1, -0.05) is 35.9 Å². The van der Waals surface area contributed by atoms with Gasteiger partial charge in [0.25, 0.3) is 0 Å². The lowest BCUT2D eigenvalue weighted by Crippen LogP contribution is -2.33. The number of halogens is 1. The molecule has 4 heteroatoms. The monoisotopic (exact) mass is 438 g/mol. The summed E-state index contributed by atoms with van der Waals surface area (Å²) in [6.07, 6.45) is 6.59. The third-order valence-electron chi connectivity index (χ3n) is 7.06. The number of carbonyl (C=O) groups is 1. The number of benzene rings is 2. The van der Waals surface area contributed by atoms with Crippen molar-refractivity contribution in [3.8, 4) is 0 Å². The Hall–Kier alpha value is -1.68. The number of aryl methyl sites for hydroxylation is 1. The molecule has 2 aliphatic heterocycles. The van der Waals surface area contributed by atoms with Crippen molar-refractivity contribution in [2.45, 2.75) is 57.9 Å². The van der Waals surface area contributed by atoms with Gasteiger partial charge in [0.2, 0.25) is 0 Å². The van der Waals surface area contributed by atoms with Crippen molar-refractivity contribution >= 4 is 17.4 Å². The minimum atomic E-state index is 0.284. The van der Waals surface area contributed by atoms with E-state index in [2.05, 4.69) is 41.0 Å². The Bertz CT molecular complexity index is 865. The molecule has 0 aromatic heterocycles. The predicted octanol–water partition coefficient (Wildman–Crippen LogP) is 6.09. The van der Waals surface area contributed by atoms with Gasteiger partial charge in [0, 0.05) is 23.6 Å². The molecule has 2 heterocycles. The molecule has 0 aliphatic carbocycles. The molecule has 0 bridgehead atoms. The highest BCUT2D eigenvalue weighted by atomic mass is 35.5. The van der Waals surface area contributed by atoms with Crippen molar-refractivity contribution in [2.75, 3.05) is 32.7 Å². The highest BCUT2D eigenvalue weighted by molar-refractivity contribution is 6.30. The molecule has 2 aromatic carbocycles. The van der Waals surface area contributed by atoms with Gasteiger partial charge < -0.3 is 4.90 Å². The molecular formula is C27H35ClN2O. The highest BCUT2D eigenvalue weighted by Crippen LogP contribution is 2.29. The number of nitrogens with zero attached hydrogens (tertiary/aromatic N) is 2. The smallest absolute Gasteiger partial charge is 0.162 e. The first-order chi connectivity index (χ1) is 15.1. The number of hydrogen-bond donors (Lipinski definition) is 0. The van der Waals surface area contributed by atoms with Crippen LogP contribution in [0.3, 0.4) is 0 Å². The SMILES string of the molecule is Cc1cc(C(=O)CCCN2CCC(c3ccc(Cl)cc3)CC2)ccc1CN1CCCC1. The van der Waals surface area contributed by atoms with Gasteiger partial charge in [-0.15, -0.1) is 0 Å². The van der Waals surface area contributed by atoms with Gasteiger partial charge in [-0.25, -0.2) is 0 Å². The van der Waals surface area contributed by atoms with Crippen LogP contribution >= 0.6 is 11.6 Å². The summed E-state index contributed by atoms with van der Waals surface area (Å²) in [7, 11) is 0. The van der Waals surface area contributed by atoms with Crippen LogP contribution < -0.4 is 0 Å². The van der Waals surface area contributed by atoms with E-state index in [4.69, 9.17) is 11.6 Å². The Labute approximate surface area is 192 Å². The number of Topliss-reactive ketones (excluding diaryl/α,β-unsaturated/α-hetero) is 1. The normalized spacial score (nSPS) is 18.5. The van der Waals surface area contributed by atoms with Gasteiger partial charge in [-0.2, -0.15) is 0 Å². The van der Waals surface area contributed by atoms with E-state index in [0.717, 1.165) is 43.2 Å². The quantitative estimate of drug-likeness (QED) is 0.466. The molecule has 2 fully saturated rings. The van der Waals surface area contributed by atoms with E-state index in [1.807, 2.05) is 18.2 Å². The van der Waals surface area contributed by atoms with Crippen LogP contribution in [0.25, 0.3) is 0 Å². The van der Waals surface area contributed by atoms with Gasteiger partial charge in [0.15, 0.2) is 5.78 Å². The predicted molar refractivity (Wildman–Crippen MR) is 129 cm³/mol. The molecular weight excluding hydrogens is 404 g/mol. The second-order valence-corrected chi connectivity index (χ2v) is 9.76. The first kappa shape index (κ1) is 22.5. The van der Waals surface area contributed by atoms with Crippen LogP contribution in [0.2, 0.25) is 5.02 Å². The zero-order chi connectivity index (χ0) is 21.6. The van der Waals surface area contributed by atoms with Gasteiger partial charge in [-0.3, -0.25) is 9.69 Å². The zero-order valence-electron chi connectivity index (χ0n) is 18.8. The Kier molecular flexibility index (Phi) is 7.81. The van der Waals surface area contributed by atoms with Crippen LogP contribution in [0.15, 0.2) is 42.5 Å². The van der Waals surface area contributed by atoms with E-state index in [1.54, 1.807) is 0 Å². The minimum absolute atomic E-state index is 0.284. The lowest BCUT2D eigenvalue weighted by atomic mass is 9.89. The average Bonchev–Trinajstić information content (AvgIpc) is 3.29. The van der Waals surface area contributed by atoms with E-state index in [9.17, 15) is 4.79 Å². The number of carbonyl (C=O) groups excluding carboxylic acids is 1. The topological polar surface area (TPSA) is 23.6 Å². The zero-order valence-corrected chi connectivity index (χ0v) is 19.5. The third-order valence-corrected chi connectivity index (χ3v) is 7.32.